The van der Waals surface area contributed by atoms with E-state index in [1.54, 1.807) is 6.92 Å². The van der Waals surface area contributed by atoms with Crippen LogP contribution in [-0.2, 0) is 0 Å². The Morgan fingerprint density at radius 1 is 1.75 bits per heavy atom. The van der Waals surface area contributed by atoms with Crippen molar-refractivity contribution in [3.05, 3.63) is 6.61 Å². The first-order valence-electron chi connectivity index (χ1n) is 0.836. The Morgan fingerprint density at radius 2 is 1.75 bits per heavy atom. The molecular formula is C2H5ErO-. The Hall–Kier alpha value is 1.21. The predicted molar refractivity (Wildman–Crippen MR) is 11.9 cm³/mol. The molecule has 0 heterocycles. The topological polar surface area (TPSA) is 20.2 Å². The molecule has 0 unspecified atom stereocenters. The van der Waals surface area contributed by atoms with E-state index >= 15 is 0 Å². The van der Waals surface area contributed by atoms with E-state index in [9.17, 15) is 0 Å². The number of rotatable bonds is 0. The van der Waals surface area contributed by atoms with Crippen LogP contribution >= 0.6 is 0 Å². The first kappa shape index (κ1) is 8.96. The summed E-state index contributed by atoms with van der Waals surface area (Å²) in [5, 5.41) is 7.44. The quantitative estimate of drug-likeness (QED) is 0.581. The van der Waals surface area contributed by atoms with Gasteiger partial charge in [-0.2, -0.15) is 6.92 Å². The third-order valence-electron chi connectivity index (χ3n) is 0. The number of hydrogen-bond acceptors (Lipinski definition) is 1. The van der Waals surface area contributed by atoms with E-state index in [1.807, 2.05) is 0 Å². The maximum atomic E-state index is 7.44. The van der Waals surface area contributed by atoms with Gasteiger partial charge >= 0.3 is 0 Å². The molecule has 0 saturated carbocycles. The summed E-state index contributed by atoms with van der Waals surface area (Å²) in [7, 11) is 0. The van der Waals surface area contributed by atoms with Crippen LogP contribution in [0.4, 0.5) is 0 Å². The van der Waals surface area contributed by atoms with Crippen molar-refractivity contribution in [1.82, 2.24) is 0 Å². The van der Waals surface area contributed by atoms with E-state index in [2.05, 4.69) is 0 Å². The average Bonchev–Trinajstić information content (AvgIpc) is 0.918. The third kappa shape index (κ3) is 10.7. The van der Waals surface area contributed by atoms with E-state index in [0.717, 1.165) is 6.61 Å². The fraction of sp³-hybridized carbons (Fsp3) is 0.500. The first-order valence-corrected chi connectivity index (χ1v) is 0.836. The van der Waals surface area contributed by atoms with Crippen LogP contribution in [0.25, 0.3) is 0 Å². The summed E-state index contributed by atoms with van der Waals surface area (Å²) in [6.45, 7) is 2.56. The maximum Gasteiger partial charge on any atom is 0 e. The van der Waals surface area contributed by atoms with Gasteiger partial charge in [0.15, 0.2) is 0 Å². The molecule has 0 bridgehead atoms. The molecule has 1 N–H and O–H groups in total. The van der Waals surface area contributed by atoms with E-state index in [0.29, 0.717) is 0 Å². The summed E-state index contributed by atoms with van der Waals surface area (Å²) in [5.41, 5.74) is 0. The Balaban J connectivity index is 0. The standard InChI is InChI=1S/C2H5O.Er/c1-2-3;/h2-3H,1H3;/q-1;. The molecule has 0 aromatic rings. The van der Waals surface area contributed by atoms with Crippen molar-refractivity contribution in [2.45, 2.75) is 6.92 Å². The van der Waals surface area contributed by atoms with E-state index in [4.69, 9.17) is 5.11 Å². The van der Waals surface area contributed by atoms with Gasteiger partial charge in [-0.05, 0) is 0 Å². The summed E-state index contributed by atoms with van der Waals surface area (Å²) in [6.07, 6.45) is 0. The molecule has 0 saturated heterocycles. The van der Waals surface area contributed by atoms with Crippen LogP contribution < -0.4 is 0 Å². The zero-order valence-electron chi connectivity index (χ0n) is 2.31. The molecule has 0 spiro atoms. The maximum absolute atomic E-state index is 7.44. The van der Waals surface area contributed by atoms with Gasteiger partial charge in [0.2, 0.25) is 0 Å². The Kier molecular flexibility index (Phi) is 19.9. The van der Waals surface area contributed by atoms with Crippen LogP contribution in [0.2, 0.25) is 0 Å². The molecule has 32 valence electrons. The molecule has 0 amide bonds. The van der Waals surface area contributed by atoms with Gasteiger partial charge in [-0.25, -0.2) is 6.61 Å². The second-order valence-electron chi connectivity index (χ2n) is 0.258. The predicted octanol–water partition coefficient (Wildman–Crippen LogP) is 0.541. The summed E-state index contributed by atoms with van der Waals surface area (Å²) < 4.78 is 0. The Morgan fingerprint density at radius 3 is 1.75 bits per heavy atom. The molecule has 0 fully saturated rings. The molecule has 0 radical (unpaired) electrons. The van der Waals surface area contributed by atoms with Crippen LogP contribution in [0.5, 0.6) is 0 Å². The molecule has 0 aliphatic heterocycles. The van der Waals surface area contributed by atoms with E-state index in [1.165, 1.54) is 0 Å². The van der Waals surface area contributed by atoms with Gasteiger partial charge in [0.1, 0.15) is 0 Å². The monoisotopic (exact) mass is 211 g/mol. The summed E-state index contributed by atoms with van der Waals surface area (Å²) in [4.78, 5) is 0. The summed E-state index contributed by atoms with van der Waals surface area (Å²) in [5.74, 6) is 0. The number of aliphatic hydroxyl groups is 1. The second-order valence-corrected chi connectivity index (χ2v) is 0.258. The van der Waals surface area contributed by atoms with Gasteiger partial charge in [0, 0.05) is 37.3 Å². The zero-order chi connectivity index (χ0) is 2.71. The molecule has 4 heavy (non-hydrogen) atoms. The van der Waals surface area contributed by atoms with Gasteiger partial charge in [0.25, 0.3) is 0 Å². The van der Waals surface area contributed by atoms with Crippen LogP contribution in [0.1, 0.15) is 6.92 Å². The number of aliphatic hydroxyl groups excluding tert-OH is 1. The minimum absolute atomic E-state index is 0. The van der Waals surface area contributed by atoms with Crippen LogP contribution in [-0.4, -0.2) is 5.11 Å². The molecule has 0 aliphatic carbocycles. The van der Waals surface area contributed by atoms with Crippen molar-refractivity contribution in [2.75, 3.05) is 0 Å². The fourth-order valence-corrected chi connectivity index (χ4v) is 0. The van der Waals surface area contributed by atoms with E-state index in [-0.39, 0.29) is 37.3 Å². The largest absolute Gasteiger partial charge is 0.566 e. The van der Waals surface area contributed by atoms with Gasteiger partial charge in [-0.15, -0.1) is 0 Å². The molecule has 0 aliphatic rings. The first-order chi connectivity index (χ1) is 1.41. The van der Waals surface area contributed by atoms with Gasteiger partial charge in [-0.3, -0.25) is 0 Å². The van der Waals surface area contributed by atoms with Crippen molar-refractivity contribution in [3.8, 4) is 0 Å². The average molecular weight is 212 g/mol. The normalized spacial score (nSPS) is 4.50. The van der Waals surface area contributed by atoms with Gasteiger partial charge in [0.05, 0.1) is 0 Å². The van der Waals surface area contributed by atoms with Crippen LogP contribution in [0.15, 0.2) is 0 Å². The molecule has 0 rings (SSSR count). The molecule has 2 heteroatoms. The molecule has 1 nitrogen and oxygen atoms in total. The minimum atomic E-state index is 0. The fourth-order valence-electron chi connectivity index (χ4n) is 0. The van der Waals surface area contributed by atoms with Crippen LogP contribution in [0, 0.1) is 43.9 Å². The molecule has 0 aromatic carbocycles. The Labute approximate surface area is 55.6 Å². The van der Waals surface area contributed by atoms with Gasteiger partial charge < -0.3 is 5.11 Å². The van der Waals surface area contributed by atoms with Crippen molar-refractivity contribution in [1.29, 1.82) is 0 Å². The smallest absolute Gasteiger partial charge is 0 e. The van der Waals surface area contributed by atoms with Crippen molar-refractivity contribution < 1.29 is 42.4 Å². The van der Waals surface area contributed by atoms with Gasteiger partial charge in [-0.1, -0.05) is 0 Å². The van der Waals surface area contributed by atoms with Crippen molar-refractivity contribution >= 4 is 0 Å². The van der Waals surface area contributed by atoms with Crippen molar-refractivity contribution in [2.24, 2.45) is 0 Å². The SMILES string of the molecule is C[CH-]O.[Er]. The molecular weight excluding hydrogens is 207 g/mol. The third-order valence-corrected chi connectivity index (χ3v) is 0. The summed E-state index contributed by atoms with van der Waals surface area (Å²) in [6, 6.07) is 0. The molecule has 0 aromatic heterocycles. The minimum Gasteiger partial charge on any atom is -0.566 e. The van der Waals surface area contributed by atoms with Crippen LogP contribution in [0.3, 0.4) is 0 Å². The van der Waals surface area contributed by atoms with E-state index < -0.39 is 0 Å². The van der Waals surface area contributed by atoms with Crippen molar-refractivity contribution in [3.63, 3.8) is 0 Å². The summed E-state index contributed by atoms with van der Waals surface area (Å²) >= 11 is 0. The second kappa shape index (κ2) is 8.88. The zero-order valence-corrected chi connectivity index (χ0v) is 4.17. The molecule has 0 atom stereocenters. The number of hydrogen-bond donors (Lipinski definition) is 1. The Bertz CT molecular complexity index is 6.00.